The van der Waals surface area contributed by atoms with Gasteiger partial charge in [0.2, 0.25) is 5.91 Å². The summed E-state index contributed by atoms with van der Waals surface area (Å²) in [5, 5.41) is 3.19. The second kappa shape index (κ2) is 5.35. The van der Waals surface area contributed by atoms with Gasteiger partial charge < -0.3 is 10.2 Å². The van der Waals surface area contributed by atoms with Gasteiger partial charge in [-0.25, -0.2) is 0 Å². The van der Waals surface area contributed by atoms with Crippen LogP contribution in [-0.2, 0) is 4.79 Å². The smallest absolute Gasteiger partial charge is 0.222 e. The Balaban J connectivity index is 2.21. The van der Waals surface area contributed by atoms with Crippen molar-refractivity contribution in [2.75, 3.05) is 26.7 Å². The first kappa shape index (κ1) is 11.5. The van der Waals surface area contributed by atoms with Crippen LogP contribution in [0.25, 0.3) is 0 Å². The van der Waals surface area contributed by atoms with Crippen LogP contribution in [0.15, 0.2) is 0 Å². The summed E-state index contributed by atoms with van der Waals surface area (Å²) in [6.07, 6.45) is 1.86. The first-order valence-corrected chi connectivity index (χ1v) is 5.58. The molecule has 1 rings (SSSR count). The zero-order valence-electron chi connectivity index (χ0n) is 9.55. The van der Waals surface area contributed by atoms with Crippen LogP contribution in [0, 0.1) is 11.8 Å². The molecule has 0 spiro atoms. The first-order valence-electron chi connectivity index (χ1n) is 5.58. The van der Waals surface area contributed by atoms with E-state index in [1.54, 1.807) is 0 Å². The molecule has 1 atom stereocenters. The van der Waals surface area contributed by atoms with Crippen molar-refractivity contribution in [3.8, 4) is 0 Å². The molecule has 14 heavy (non-hydrogen) atoms. The van der Waals surface area contributed by atoms with E-state index in [-0.39, 0.29) is 0 Å². The number of carbonyl (C=O) groups is 1. The number of hydrogen-bond donors (Lipinski definition) is 1. The van der Waals surface area contributed by atoms with Gasteiger partial charge >= 0.3 is 0 Å². The molecule has 1 heterocycles. The van der Waals surface area contributed by atoms with Crippen LogP contribution in [0.2, 0.25) is 0 Å². The number of nitrogens with one attached hydrogen (secondary N) is 1. The predicted molar refractivity (Wildman–Crippen MR) is 58.1 cm³/mol. The lowest BCUT2D eigenvalue weighted by molar-refractivity contribution is -0.131. The molecule has 0 aromatic carbocycles. The molecule has 1 amide bonds. The van der Waals surface area contributed by atoms with E-state index >= 15 is 0 Å². The van der Waals surface area contributed by atoms with Crippen LogP contribution < -0.4 is 5.32 Å². The van der Waals surface area contributed by atoms with E-state index in [0.29, 0.717) is 17.7 Å². The lowest BCUT2D eigenvalue weighted by Gasteiger charge is -2.29. The van der Waals surface area contributed by atoms with Crippen molar-refractivity contribution in [2.24, 2.45) is 11.8 Å². The molecule has 82 valence electrons. The summed E-state index contributed by atoms with van der Waals surface area (Å²) in [7, 11) is 1.92. The Morgan fingerprint density at radius 3 is 2.64 bits per heavy atom. The van der Waals surface area contributed by atoms with E-state index in [2.05, 4.69) is 19.2 Å². The van der Waals surface area contributed by atoms with Crippen molar-refractivity contribution in [1.82, 2.24) is 10.2 Å². The fraction of sp³-hybridized carbons (Fsp3) is 0.909. The molecular formula is C11H22N2O. The van der Waals surface area contributed by atoms with Gasteiger partial charge in [0, 0.05) is 20.0 Å². The van der Waals surface area contributed by atoms with Gasteiger partial charge in [0.1, 0.15) is 0 Å². The lowest BCUT2D eigenvalue weighted by atomic mass is 9.98. The van der Waals surface area contributed by atoms with Crippen molar-refractivity contribution < 1.29 is 4.79 Å². The van der Waals surface area contributed by atoms with Gasteiger partial charge in [-0.15, -0.1) is 0 Å². The second-order valence-electron chi connectivity index (χ2n) is 4.52. The van der Waals surface area contributed by atoms with E-state index < -0.39 is 0 Å². The minimum atomic E-state index is 0.303. The predicted octanol–water partition coefficient (Wildman–Crippen LogP) is 1.10. The van der Waals surface area contributed by atoms with Crippen LogP contribution in [0.5, 0.6) is 0 Å². The van der Waals surface area contributed by atoms with E-state index in [4.69, 9.17) is 0 Å². The Morgan fingerprint density at radius 2 is 2.21 bits per heavy atom. The van der Waals surface area contributed by atoms with Crippen LogP contribution in [0.1, 0.15) is 26.7 Å². The third-order valence-electron chi connectivity index (χ3n) is 3.04. The normalized spacial score (nSPS) is 18.8. The average Bonchev–Trinajstić information content (AvgIpc) is 2.10. The number of hydrogen-bond acceptors (Lipinski definition) is 2. The molecule has 0 aromatic heterocycles. The minimum Gasteiger partial charge on any atom is -0.345 e. The molecule has 0 aliphatic carbocycles. The van der Waals surface area contributed by atoms with E-state index in [9.17, 15) is 4.79 Å². The summed E-state index contributed by atoms with van der Waals surface area (Å²) in [6.45, 7) is 7.29. The Morgan fingerprint density at radius 1 is 1.57 bits per heavy atom. The topological polar surface area (TPSA) is 32.3 Å². The molecule has 1 aliphatic rings. The molecule has 1 aliphatic heterocycles. The fourth-order valence-electron chi connectivity index (χ4n) is 1.59. The van der Waals surface area contributed by atoms with Crippen molar-refractivity contribution in [3.63, 3.8) is 0 Å². The van der Waals surface area contributed by atoms with Gasteiger partial charge in [-0.1, -0.05) is 20.3 Å². The second-order valence-corrected chi connectivity index (χ2v) is 4.52. The SMILES string of the molecule is CCC(C)CN(C)C(=O)CC1CNC1. The van der Waals surface area contributed by atoms with Gasteiger partial charge in [-0.05, 0) is 24.9 Å². The molecule has 0 radical (unpaired) electrons. The molecule has 0 aromatic rings. The molecule has 3 nitrogen and oxygen atoms in total. The van der Waals surface area contributed by atoms with E-state index in [0.717, 1.165) is 32.5 Å². The van der Waals surface area contributed by atoms with Crippen LogP contribution in [-0.4, -0.2) is 37.5 Å². The summed E-state index contributed by atoms with van der Waals surface area (Å²) < 4.78 is 0. The maximum atomic E-state index is 11.7. The van der Waals surface area contributed by atoms with Crippen molar-refractivity contribution in [2.45, 2.75) is 26.7 Å². The fourth-order valence-corrected chi connectivity index (χ4v) is 1.59. The van der Waals surface area contributed by atoms with Gasteiger partial charge in [0.25, 0.3) is 0 Å². The zero-order valence-corrected chi connectivity index (χ0v) is 9.55. The highest BCUT2D eigenvalue weighted by Crippen LogP contribution is 2.11. The standard InChI is InChI=1S/C11H22N2O/c1-4-9(2)8-13(3)11(14)5-10-6-12-7-10/h9-10,12H,4-8H2,1-3H3. The molecular weight excluding hydrogens is 176 g/mol. The van der Waals surface area contributed by atoms with Gasteiger partial charge in [-0.3, -0.25) is 4.79 Å². The quantitative estimate of drug-likeness (QED) is 0.717. The molecule has 1 fully saturated rings. The Labute approximate surface area is 86.9 Å². The Bertz CT molecular complexity index is 190. The zero-order chi connectivity index (χ0) is 10.6. The average molecular weight is 198 g/mol. The van der Waals surface area contributed by atoms with E-state index in [1.807, 2.05) is 11.9 Å². The van der Waals surface area contributed by atoms with E-state index in [1.165, 1.54) is 0 Å². The third-order valence-corrected chi connectivity index (χ3v) is 3.04. The highest BCUT2D eigenvalue weighted by molar-refractivity contribution is 5.76. The van der Waals surface area contributed by atoms with Gasteiger partial charge in [0.15, 0.2) is 0 Å². The highest BCUT2D eigenvalue weighted by atomic mass is 16.2. The minimum absolute atomic E-state index is 0.303. The molecule has 1 N–H and O–H groups in total. The molecule has 1 unspecified atom stereocenters. The molecule has 1 saturated heterocycles. The third kappa shape index (κ3) is 3.29. The largest absolute Gasteiger partial charge is 0.345 e. The van der Waals surface area contributed by atoms with Crippen LogP contribution in [0.4, 0.5) is 0 Å². The summed E-state index contributed by atoms with van der Waals surface area (Å²) >= 11 is 0. The summed E-state index contributed by atoms with van der Waals surface area (Å²) in [5.74, 6) is 1.50. The number of nitrogens with zero attached hydrogens (tertiary/aromatic N) is 1. The van der Waals surface area contributed by atoms with Crippen molar-refractivity contribution >= 4 is 5.91 Å². The van der Waals surface area contributed by atoms with Gasteiger partial charge in [-0.2, -0.15) is 0 Å². The summed E-state index contributed by atoms with van der Waals surface area (Å²) in [6, 6.07) is 0. The van der Waals surface area contributed by atoms with Crippen LogP contribution >= 0.6 is 0 Å². The molecule has 3 heteroatoms. The number of amides is 1. The number of carbonyl (C=O) groups excluding carboxylic acids is 1. The Kier molecular flexibility index (Phi) is 4.39. The molecule has 0 saturated carbocycles. The summed E-state index contributed by atoms with van der Waals surface area (Å²) in [5.41, 5.74) is 0. The maximum Gasteiger partial charge on any atom is 0.222 e. The maximum absolute atomic E-state index is 11.7. The number of rotatable bonds is 5. The Hall–Kier alpha value is -0.570. The van der Waals surface area contributed by atoms with Crippen molar-refractivity contribution in [3.05, 3.63) is 0 Å². The van der Waals surface area contributed by atoms with Crippen LogP contribution in [0.3, 0.4) is 0 Å². The monoisotopic (exact) mass is 198 g/mol. The first-order chi connectivity index (χ1) is 6.63. The molecule has 0 bridgehead atoms. The van der Waals surface area contributed by atoms with Crippen molar-refractivity contribution in [1.29, 1.82) is 0 Å². The summed E-state index contributed by atoms with van der Waals surface area (Å²) in [4.78, 5) is 13.6. The lowest BCUT2D eigenvalue weighted by Crippen LogP contribution is -2.45. The van der Waals surface area contributed by atoms with Gasteiger partial charge in [0.05, 0.1) is 0 Å². The highest BCUT2D eigenvalue weighted by Gasteiger charge is 2.22.